The highest BCUT2D eigenvalue weighted by molar-refractivity contribution is 5.96. The number of Topliss-reactive ketones (excluding diaryl/α,β-unsaturated/α-hetero) is 1. The lowest BCUT2D eigenvalue weighted by Gasteiger charge is -2.39. The van der Waals surface area contributed by atoms with Crippen LogP contribution in [0.15, 0.2) is 54.6 Å². The number of carbonyl (C=O) groups excluding carboxylic acids is 1. The van der Waals surface area contributed by atoms with Crippen LogP contribution in [-0.2, 0) is 0 Å². The number of ketones is 1. The second-order valence-corrected chi connectivity index (χ2v) is 8.05. The molecule has 2 aliphatic rings. The average molecular weight is 332 g/mol. The Balaban J connectivity index is 1.38. The van der Waals surface area contributed by atoms with E-state index in [0.717, 1.165) is 23.8 Å². The van der Waals surface area contributed by atoms with E-state index in [0.29, 0.717) is 11.7 Å². The van der Waals surface area contributed by atoms with Gasteiger partial charge in [0.25, 0.3) is 0 Å². The highest BCUT2D eigenvalue weighted by Crippen LogP contribution is 2.43. The quantitative estimate of drug-likeness (QED) is 0.581. The third-order valence-electron chi connectivity index (χ3n) is 6.44. The van der Waals surface area contributed by atoms with Crippen LogP contribution in [0.2, 0.25) is 0 Å². The molecule has 0 amide bonds. The van der Waals surface area contributed by atoms with E-state index in [1.807, 2.05) is 18.2 Å². The van der Waals surface area contributed by atoms with Gasteiger partial charge in [0.1, 0.15) is 0 Å². The van der Waals surface area contributed by atoms with Crippen LogP contribution >= 0.6 is 0 Å². The van der Waals surface area contributed by atoms with Crippen LogP contribution in [0.25, 0.3) is 11.1 Å². The normalized spacial score (nSPS) is 26.0. The van der Waals surface area contributed by atoms with Crippen molar-refractivity contribution in [3.63, 3.8) is 0 Å². The second kappa shape index (κ2) is 7.56. The van der Waals surface area contributed by atoms with Crippen molar-refractivity contribution in [1.82, 2.24) is 0 Å². The van der Waals surface area contributed by atoms with Gasteiger partial charge in [-0.1, -0.05) is 80.3 Å². The Morgan fingerprint density at radius 2 is 1.44 bits per heavy atom. The van der Waals surface area contributed by atoms with Crippen molar-refractivity contribution in [2.45, 2.75) is 51.4 Å². The molecule has 4 rings (SSSR count). The third-order valence-corrected chi connectivity index (χ3v) is 6.44. The van der Waals surface area contributed by atoms with Gasteiger partial charge in [-0.15, -0.1) is 0 Å². The predicted molar refractivity (Wildman–Crippen MR) is 104 cm³/mol. The molecule has 0 bridgehead atoms. The molecule has 0 heterocycles. The second-order valence-electron chi connectivity index (χ2n) is 8.05. The van der Waals surface area contributed by atoms with E-state index in [2.05, 4.69) is 36.4 Å². The van der Waals surface area contributed by atoms with Crippen molar-refractivity contribution in [2.75, 3.05) is 0 Å². The van der Waals surface area contributed by atoms with E-state index in [1.165, 1.54) is 56.1 Å². The fraction of sp³-hybridized carbons (Fsp3) is 0.458. The molecule has 2 aromatic carbocycles. The minimum Gasteiger partial charge on any atom is -0.294 e. The highest BCUT2D eigenvalue weighted by Gasteiger charge is 2.32. The first-order chi connectivity index (χ1) is 12.3. The maximum atomic E-state index is 12.7. The summed E-state index contributed by atoms with van der Waals surface area (Å²) in [5, 5.41) is 0. The van der Waals surface area contributed by atoms with Crippen molar-refractivity contribution in [3.8, 4) is 11.1 Å². The molecule has 2 aromatic rings. The van der Waals surface area contributed by atoms with Crippen LogP contribution in [0, 0.1) is 17.8 Å². The Kier molecular flexibility index (Phi) is 5.01. The van der Waals surface area contributed by atoms with E-state index in [9.17, 15) is 4.79 Å². The zero-order valence-electron chi connectivity index (χ0n) is 15.0. The van der Waals surface area contributed by atoms with Gasteiger partial charge in [0.2, 0.25) is 0 Å². The fourth-order valence-electron chi connectivity index (χ4n) is 5.02. The van der Waals surface area contributed by atoms with Crippen LogP contribution in [-0.4, -0.2) is 5.78 Å². The molecular formula is C24H28O. The Labute approximate surface area is 151 Å². The van der Waals surface area contributed by atoms with Crippen molar-refractivity contribution in [3.05, 3.63) is 60.2 Å². The van der Waals surface area contributed by atoms with Gasteiger partial charge in [-0.3, -0.25) is 4.79 Å². The van der Waals surface area contributed by atoms with Gasteiger partial charge in [0, 0.05) is 12.0 Å². The monoisotopic (exact) mass is 332 g/mol. The lowest BCUT2D eigenvalue weighted by atomic mass is 9.66. The van der Waals surface area contributed by atoms with Crippen LogP contribution < -0.4 is 0 Å². The molecule has 0 spiro atoms. The largest absolute Gasteiger partial charge is 0.294 e. The maximum Gasteiger partial charge on any atom is 0.163 e. The summed E-state index contributed by atoms with van der Waals surface area (Å²) in [5.74, 6) is 2.81. The Hall–Kier alpha value is -1.89. The number of fused-ring (bicyclic) bond motifs is 1. The Morgan fingerprint density at radius 3 is 2.20 bits per heavy atom. The molecule has 0 N–H and O–H groups in total. The molecule has 0 aliphatic heterocycles. The van der Waals surface area contributed by atoms with Crippen LogP contribution in [0.3, 0.4) is 0 Å². The summed E-state index contributed by atoms with van der Waals surface area (Å²) in [5.41, 5.74) is 3.27. The standard InChI is InChI=1S/C24H28O/c25-24(17-18-10-11-20-8-4-5-9-23(20)16-18)22-14-12-21(13-15-22)19-6-2-1-3-7-19/h1-3,6-7,12-15,18,20,23H,4-5,8-11,16-17H2/t18-,20+,23+/m1/s1. The number of carbonyl (C=O) groups is 1. The van der Waals surface area contributed by atoms with Crippen molar-refractivity contribution in [1.29, 1.82) is 0 Å². The van der Waals surface area contributed by atoms with Crippen molar-refractivity contribution < 1.29 is 4.79 Å². The van der Waals surface area contributed by atoms with Gasteiger partial charge in [-0.2, -0.15) is 0 Å². The molecule has 0 aromatic heterocycles. The molecule has 2 fully saturated rings. The molecular weight excluding hydrogens is 304 g/mol. The molecule has 1 heteroatoms. The molecule has 2 saturated carbocycles. The first-order valence-electron chi connectivity index (χ1n) is 9.98. The zero-order valence-corrected chi connectivity index (χ0v) is 15.0. The lowest BCUT2D eigenvalue weighted by Crippen LogP contribution is -2.28. The molecule has 130 valence electrons. The minimum absolute atomic E-state index is 0.332. The number of hydrogen-bond donors (Lipinski definition) is 0. The molecule has 0 unspecified atom stereocenters. The molecule has 3 atom stereocenters. The minimum atomic E-state index is 0.332. The molecule has 0 saturated heterocycles. The maximum absolute atomic E-state index is 12.7. The van der Waals surface area contributed by atoms with E-state index in [-0.39, 0.29) is 0 Å². The molecule has 25 heavy (non-hydrogen) atoms. The topological polar surface area (TPSA) is 17.1 Å². The smallest absolute Gasteiger partial charge is 0.163 e. The van der Waals surface area contributed by atoms with Gasteiger partial charge in [0.05, 0.1) is 0 Å². The van der Waals surface area contributed by atoms with Crippen LogP contribution in [0.1, 0.15) is 61.7 Å². The molecule has 1 nitrogen and oxygen atoms in total. The lowest BCUT2D eigenvalue weighted by molar-refractivity contribution is 0.0877. The van der Waals surface area contributed by atoms with Gasteiger partial charge >= 0.3 is 0 Å². The van der Waals surface area contributed by atoms with E-state index >= 15 is 0 Å². The van der Waals surface area contributed by atoms with Gasteiger partial charge < -0.3 is 0 Å². The number of rotatable bonds is 4. The summed E-state index contributed by atoms with van der Waals surface area (Å²) in [7, 11) is 0. The van der Waals surface area contributed by atoms with Gasteiger partial charge in [-0.05, 0) is 48.1 Å². The third kappa shape index (κ3) is 3.86. The van der Waals surface area contributed by atoms with Crippen LogP contribution in [0.4, 0.5) is 0 Å². The summed E-state index contributed by atoms with van der Waals surface area (Å²) < 4.78 is 0. The predicted octanol–water partition coefficient (Wildman–Crippen LogP) is 6.53. The van der Waals surface area contributed by atoms with Gasteiger partial charge in [-0.25, -0.2) is 0 Å². The van der Waals surface area contributed by atoms with E-state index in [1.54, 1.807) is 0 Å². The SMILES string of the molecule is O=C(C[C@@H]1CC[C@@H]2CCCC[C@H]2C1)c1ccc(-c2ccccc2)cc1. The summed E-state index contributed by atoms with van der Waals surface area (Å²) in [4.78, 5) is 12.7. The zero-order chi connectivity index (χ0) is 17.1. The summed E-state index contributed by atoms with van der Waals surface area (Å²) in [6.45, 7) is 0. The fourth-order valence-corrected chi connectivity index (χ4v) is 5.02. The Bertz CT molecular complexity index is 701. The summed E-state index contributed by atoms with van der Waals surface area (Å²) >= 11 is 0. The Morgan fingerprint density at radius 1 is 0.760 bits per heavy atom. The first kappa shape index (κ1) is 16.6. The average Bonchev–Trinajstić information content (AvgIpc) is 2.69. The van der Waals surface area contributed by atoms with Crippen molar-refractivity contribution >= 4 is 5.78 Å². The van der Waals surface area contributed by atoms with Gasteiger partial charge in [0.15, 0.2) is 5.78 Å². The van der Waals surface area contributed by atoms with Crippen molar-refractivity contribution in [2.24, 2.45) is 17.8 Å². The number of benzene rings is 2. The summed E-state index contributed by atoms with van der Waals surface area (Å²) in [6, 6.07) is 18.5. The molecule has 2 aliphatic carbocycles. The number of hydrogen-bond acceptors (Lipinski definition) is 1. The first-order valence-corrected chi connectivity index (χ1v) is 9.98. The van der Waals surface area contributed by atoms with E-state index < -0.39 is 0 Å². The summed E-state index contributed by atoms with van der Waals surface area (Å²) in [6.07, 6.45) is 10.3. The molecule has 0 radical (unpaired) electrons. The highest BCUT2D eigenvalue weighted by atomic mass is 16.1. The van der Waals surface area contributed by atoms with E-state index in [4.69, 9.17) is 0 Å². The van der Waals surface area contributed by atoms with Crippen LogP contribution in [0.5, 0.6) is 0 Å².